The minimum atomic E-state index is -0.237. The van der Waals surface area contributed by atoms with Crippen molar-refractivity contribution in [2.45, 2.75) is 12.8 Å². The lowest BCUT2D eigenvalue weighted by atomic mass is 10.2. The molecule has 0 atom stereocenters. The minimum absolute atomic E-state index is 0.0586. The molecule has 5 heteroatoms. The molecule has 2 aromatic carbocycles. The van der Waals surface area contributed by atoms with Gasteiger partial charge in [0.05, 0.1) is 0 Å². The zero-order valence-corrected chi connectivity index (χ0v) is 12.7. The summed E-state index contributed by atoms with van der Waals surface area (Å²) in [5.41, 5.74) is 1.47. The fraction of sp³-hybridized carbons (Fsp3) is 0.222. The molecule has 0 saturated carbocycles. The number of para-hydroxylation sites is 1. The molecule has 0 radical (unpaired) electrons. The van der Waals surface area contributed by atoms with Crippen LogP contribution in [0.25, 0.3) is 0 Å². The number of hydrogen-bond acceptors (Lipinski definition) is 3. The van der Waals surface area contributed by atoms with E-state index in [4.69, 9.17) is 4.74 Å². The Hall–Kier alpha value is -2.82. The van der Waals surface area contributed by atoms with Gasteiger partial charge in [0.1, 0.15) is 5.75 Å². The van der Waals surface area contributed by atoms with Crippen molar-refractivity contribution in [3.05, 3.63) is 54.6 Å². The molecule has 1 N–H and O–H groups in total. The first-order valence-corrected chi connectivity index (χ1v) is 7.60. The Balaban J connectivity index is 1.59. The van der Waals surface area contributed by atoms with Crippen molar-refractivity contribution in [2.75, 3.05) is 23.4 Å². The van der Waals surface area contributed by atoms with E-state index in [2.05, 4.69) is 5.32 Å². The van der Waals surface area contributed by atoms with Gasteiger partial charge in [-0.2, -0.15) is 0 Å². The van der Waals surface area contributed by atoms with Gasteiger partial charge in [0.2, 0.25) is 5.91 Å². The van der Waals surface area contributed by atoms with Gasteiger partial charge in [-0.15, -0.1) is 0 Å². The summed E-state index contributed by atoms with van der Waals surface area (Å²) in [6.45, 7) is 0.671. The summed E-state index contributed by atoms with van der Waals surface area (Å²) in [7, 11) is 0. The zero-order chi connectivity index (χ0) is 16.1. The number of benzene rings is 2. The number of anilines is 2. The van der Waals surface area contributed by atoms with Gasteiger partial charge >= 0.3 is 0 Å². The molecule has 2 amide bonds. The quantitative estimate of drug-likeness (QED) is 0.924. The lowest BCUT2D eigenvalue weighted by molar-refractivity contribution is -0.118. The Morgan fingerprint density at radius 3 is 2.70 bits per heavy atom. The van der Waals surface area contributed by atoms with Gasteiger partial charge in [0.15, 0.2) is 6.61 Å². The molecule has 23 heavy (non-hydrogen) atoms. The molecule has 5 nitrogen and oxygen atoms in total. The van der Waals surface area contributed by atoms with Crippen LogP contribution >= 0.6 is 0 Å². The van der Waals surface area contributed by atoms with Crippen LogP contribution in [-0.2, 0) is 9.59 Å². The van der Waals surface area contributed by atoms with Crippen LogP contribution in [0.2, 0.25) is 0 Å². The fourth-order valence-corrected chi connectivity index (χ4v) is 2.54. The van der Waals surface area contributed by atoms with Crippen molar-refractivity contribution in [1.82, 2.24) is 0 Å². The number of hydrogen-bond donors (Lipinski definition) is 1. The third kappa shape index (κ3) is 3.88. The summed E-state index contributed by atoms with van der Waals surface area (Å²) in [4.78, 5) is 25.5. The van der Waals surface area contributed by atoms with E-state index in [1.165, 1.54) is 0 Å². The van der Waals surface area contributed by atoms with Crippen molar-refractivity contribution in [1.29, 1.82) is 0 Å². The molecule has 1 aliphatic rings. The molecule has 118 valence electrons. The van der Waals surface area contributed by atoms with Crippen LogP contribution in [0.15, 0.2) is 54.6 Å². The van der Waals surface area contributed by atoms with Crippen LogP contribution in [-0.4, -0.2) is 25.0 Å². The Morgan fingerprint density at radius 2 is 1.96 bits per heavy atom. The molecule has 1 fully saturated rings. The second-order valence-corrected chi connectivity index (χ2v) is 5.35. The average molecular weight is 310 g/mol. The van der Waals surface area contributed by atoms with E-state index in [0.717, 1.165) is 18.7 Å². The second kappa shape index (κ2) is 6.96. The van der Waals surface area contributed by atoms with Gasteiger partial charge in [0, 0.05) is 24.3 Å². The maximum absolute atomic E-state index is 12.0. The van der Waals surface area contributed by atoms with E-state index in [9.17, 15) is 9.59 Å². The van der Waals surface area contributed by atoms with Crippen LogP contribution in [0.3, 0.4) is 0 Å². The van der Waals surface area contributed by atoms with E-state index >= 15 is 0 Å². The summed E-state index contributed by atoms with van der Waals surface area (Å²) in [5.74, 6) is 0.540. The average Bonchev–Trinajstić information content (AvgIpc) is 3.00. The van der Waals surface area contributed by atoms with E-state index < -0.39 is 0 Å². The third-order valence-electron chi connectivity index (χ3n) is 3.63. The van der Waals surface area contributed by atoms with Gasteiger partial charge in [-0.3, -0.25) is 9.59 Å². The molecule has 3 rings (SSSR count). The maximum Gasteiger partial charge on any atom is 0.262 e. The molecular formula is C18H18N2O3. The molecule has 0 aromatic heterocycles. The highest BCUT2D eigenvalue weighted by Crippen LogP contribution is 2.24. The number of rotatable bonds is 5. The van der Waals surface area contributed by atoms with Crippen LogP contribution in [0.1, 0.15) is 12.8 Å². The number of carbonyl (C=O) groups is 2. The van der Waals surface area contributed by atoms with E-state index in [1.807, 2.05) is 36.4 Å². The summed E-state index contributed by atoms with van der Waals surface area (Å²) in [6, 6.07) is 16.5. The van der Waals surface area contributed by atoms with Gasteiger partial charge in [0.25, 0.3) is 5.91 Å². The first-order valence-electron chi connectivity index (χ1n) is 7.60. The summed E-state index contributed by atoms with van der Waals surface area (Å²) >= 11 is 0. The molecule has 0 unspecified atom stereocenters. The highest BCUT2D eigenvalue weighted by molar-refractivity contribution is 5.97. The van der Waals surface area contributed by atoms with E-state index in [1.54, 1.807) is 23.1 Å². The minimum Gasteiger partial charge on any atom is -0.484 e. The van der Waals surface area contributed by atoms with E-state index in [0.29, 0.717) is 17.9 Å². The highest BCUT2D eigenvalue weighted by Gasteiger charge is 2.21. The molecule has 0 bridgehead atoms. The normalized spacial score (nSPS) is 13.9. The maximum atomic E-state index is 12.0. The first-order chi connectivity index (χ1) is 11.2. The predicted molar refractivity (Wildman–Crippen MR) is 88.6 cm³/mol. The second-order valence-electron chi connectivity index (χ2n) is 5.35. The molecule has 1 heterocycles. The SMILES string of the molecule is O=C(COc1ccccc1)Nc1cccc(N2CCCC2=O)c1. The zero-order valence-electron chi connectivity index (χ0n) is 12.7. The Morgan fingerprint density at radius 1 is 1.13 bits per heavy atom. The lowest BCUT2D eigenvalue weighted by Gasteiger charge is -2.16. The van der Waals surface area contributed by atoms with Gasteiger partial charge in [-0.1, -0.05) is 24.3 Å². The predicted octanol–water partition coefficient (Wildman–Crippen LogP) is 2.83. The Bertz CT molecular complexity index is 700. The van der Waals surface area contributed by atoms with Crippen molar-refractivity contribution < 1.29 is 14.3 Å². The fourth-order valence-electron chi connectivity index (χ4n) is 2.54. The number of nitrogens with zero attached hydrogens (tertiary/aromatic N) is 1. The van der Waals surface area contributed by atoms with Crippen molar-refractivity contribution in [3.8, 4) is 5.75 Å². The molecule has 2 aromatic rings. The van der Waals surface area contributed by atoms with Crippen molar-refractivity contribution in [3.63, 3.8) is 0 Å². The van der Waals surface area contributed by atoms with Crippen molar-refractivity contribution in [2.24, 2.45) is 0 Å². The first kappa shape index (κ1) is 15.1. The molecule has 0 spiro atoms. The third-order valence-corrected chi connectivity index (χ3v) is 3.63. The monoisotopic (exact) mass is 310 g/mol. The van der Waals surface area contributed by atoms with Crippen LogP contribution in [0, 0.1) is 0 Å². The smallest absolute Gasteiger partial charge is 0.262 e. The van der Waals surface area contributed by atoms with Gasteiger partial charge in [-0.25, -0.2) is 0 Å². The Kier molecular flexibility index (Phi) is 4.57. The van der Waals surface area contributed by atoms with Gasteiger partial charge < -0.3 is 15.0 Å². The molecule has 1 saturated heterocycles. The summed E-state index contributed by atoms with van der Waals surface area (Å²) in [5, 5.41) is 2.79. The summed E-state index contributed by atoms with van der Waals surface area (Å²) in [6.07, 6.45) is 1.46. The van der Waals surface area contributed by atoms with Crippen LogP contribution < -0.4 is 15.0 Å². The lowest BCUT2D eigenvalue weighted by Crippen LogP contribution is -2.24. The number of nitrogens with one attached hydrogen (secondary N) is 1. The van der Waals surface area contributed by atoms with Crippen LogP contribution in [0.5, 0.6) is 5.75 Å². The highest BCUT2D eigenvalue weighted by atomic mass is 16.5. The van der Waals surface area contributed by atoms with Gasteiger partial charge in [-0.05, 0) is 36.8 Å². The van der Waals surface area contributed by atoms with Crippen molar-refractivity contribution >= 4 is 23.2 Å². The number of amides is 2. The molecule has 0 aliphatic carbocycles. The molecule has 1 aliphatic heterocycles. The standard InChI is InChI=1S/C18H18N2O3/c21-17(13-23-16-8-2-1-3-9-16)19-14-6-4-7-15(12-14)20-11-5-10-18(20)22/h1-4,6-9,12H,5,10-11,13H2,(H,19,21). The van der Waals surface area contributed by atoms with E-state index in [-0.39, 0.29) is 18.4 Å². The topological polar surface area (TPSA) is 58.6 Å². The Labute approximate surface area is 134 Å². The largest absolute Gasteiger partial charge is 0.484 e. The number of carbonyl (C=O) groups excluding carboxylic acids is 2. The number of ether oxygens (including phenoxy) is 1. The summed E-state index contributed by atoms with van der Waals surface area (Å²) < 4.78 is 5.41. The van der Waals surface area contributed by atoms with Crippen LogP contribution in [0.4, 0.5) is 11.4 Å². The molecular weight excluding hydrogens is 292 g/mol.